The number of rotatable bonds is 30. The highest BCUT2D eigenvalue weighted by Gasteiger charge is 2.97. The molecule has 44 heteroatoms. The second kappa shape index (κ2) is 21.6. The van der Waals surface area contributed by atoms with Crippen LogP contribution in [-0.4, -0.2) is 163 Å². The molecule has 0 rings (SSSR count). The summed E-state index contributed by atoms with van der Waals surface area (Å²) in [6.07, 6.45) is -24.0. The lowest BCUT2D eigenvalue weighted by Crippen LogP contribution is -2.74. The number of carboxylic acids is 2. The molecule has 0 saturated heterocycles. The van der Waals surface area contributed by atoms with Gasteiger partial charge in [0.25, 0.3) is 0 Å². The average Bonchev–Trinajstić information content (AvgIpc) is 3.16. The Morgan fingerprint density at radius 3 is 0.699 bits per heavy atom. The topological polar surface area (TPSA) is 74.6 Å². The summed E-state index contributed by atoms with van der Waals surface area (Å²) in [7, 11) is 0. The third kappa shape index (κ3) is 12.6. The number of alkyl halides is 36. The Kier molecular flexibility index (Phi) is 20.9. The molecule has 0 aliphatic heterocycles. The fourth-order valence-electron chi connectivity index (χ4n) is 4.66. The average molecular weight is 1240 g/mol. The van der Waals surface area contributed by atoms with Gasteiger partial charge in [-0.3, -0.25) is 9.59 Å². The van der Waals surface area contributed by atoms with Gasteiger partial charge >= 0.3 is 107 Å². The molecule has 0 spiro atoms. The first-order chi connectivity index (χ1) is 31.5. The van der Waals surface area contributed by atoms with Crippen molar-refractivity contribution in [1.29, 1.82) is 0 Å². The van der Waals surface area contributed by atoms with Gasteiger partial charge in [0, 0.05) is 28.4 Å². The van der Waals surface area contributed by atoms with Crippen molar-refractivity contribution in [2.24, 2.45) is 5.41 Å². The maximum absolute atomic E-state index is 14.9. The van der Waals surface area contributed by atoms with Crippen molar-refractivity contribution >= 4 is 59.0 Å². The summed E-state index contributed by atoms with van der Waals surface area (Å²) >= 11 is -2.72. The van der Waals surface area contributed by atoms with Gasteiger partial charge in [-0.1, -0.05) is 0 Å². The standard InChI is InChI=1S/C29H20F36O4S4/c30-9(1-14(32,33)16(36,37)18(40,41)20(44,45)22(48,49)24(52,53)26(56,57)28(60,61)62)72-7-13(5-70-3-11(66)67,6-71-4-12(68)69)8-73-10(31)2-15(34,35)17(38,39)19(42,43)21(46,47)23(50,51)25(54,55)27(58,59)29(63,64)65/h9-10H,1-8H2,(H,66,67)(H,68,69). The Bertz CT molecular complexity index is 1750. The maximum Gasteiger partial charge on any atom is 0.460 e. The fraction of sp³-hybridized carbons (Fsp3) is 0.931. The van der Waals surface area contributed by atoms with Crippen molar-refractivity contribution in [3.05, 3.63) is 0 Å². The Labute approximate surface area is 395 Å². The molecule has 0 amide bonds. The summed E-state index contributed by atoms with van der Waals surface area (Å²) < 4.78 is 493. The minimum atomic E-state index is -9.15. The molecule has 0 bridgehead atoms. The van der Waals surface area contributed by atoms with E-state index >= 15 is 0 Å². The van der Waals surface area contributed by atoms with Crippen LogP contribution in [0.25, 0.3) is 0 Å². The van der Waals surface area contributed by atoms with Crippen LogP contribution in [0.2, 0.25) is 0 Å². The number of thioether (sulfide) groups is 4. The molecule has 0 aromatic carbocycles. The first kappa shape index (κ1) is 70.8. The van der Waals surface area contributed by atoms with Crippen molar-refractivity contribution in [3.8, 4) is 0 Å². The van der Waals surface area contributed by atoms with E-state index in [-0.39, 0.29) is 23.5 Å². The molecule has 0 heterocycles. The quantitative estimate of drug-likeness (QED) is 0.0689. The fourth-order valence-corrected chi connectivity index (χ4v) is 9.81. The number of hydrogen-bond donors (Lipinski definition) is 2. The molecule has 2 N–H and O–H groups in total. The zero-order chi connectivity index (χ0) is 59.3. The highest BCUT2D eigenvalue weighted by Crippen LogP contribution is 2.66. The first-order valence-corrected chi connectivity index (χ1v) is 21.5. The lowest BCUT2D eigenvalue weighted by molar-refractivity contribution is -0.462. The van der Waals surface area contributed by atoms with E-state index in [0.717, 1.165) is 0 Å². The van der Waals surface area contributed by atoms with Crippen LogP contribution in [0, 0.1) is 5.41 Å². The molecule has 436 valence electrons. The predicted molar refractivity (Wildman–Crippen MR) is 178 cm³/mol. The molecule has 0 saturated carbocycles. The zero-order valence-corrected chi connectivity index (χ0v) is 36.5. The summed E-state index contributed by atoms with van der Waals surface area (Å²) in [5, 5.41) is 17.7. The number of hydrogen-bond acceptors (Lipinski definition) is 6. The minimum Gasteiger partial charge on any atom is -0.481 e. The molecule has 4 nitrogen and oxygen atoms in total. The predicted octanol–water partition coefficient (Wildman–Crippen LogP) is 14.5. The number of carboxylic acid groups (broad SMARTS) is 2. The minimum absolute atomic E-state index is 0.153. The normalized spacial score (nSPS) is 16.7. The molecule has 0 radical (unpaired) electrons. The second-order valence-electron chi connectivity index (χ2n) is 14.4. The number of halogens is 36. The summed E-state index contributed by atoms with van der Waals surface area (Å²) in [6.45, 7) is 0. The van der Waals surface area contributed by atoms with Crippen molar-refractivity contribution < 1.29 is 178 Å². The van der Waals surface area contributed by atoms with Crippen molar-refractivity contribution in [3.63, 3.8) is 0 Å². The molecular formula is C29H20F36O4S4. The van der Waals surface area contributed by atoms with Gasteiger partial charge in [0.1, 0.15) is 0 Å². The lowest BCUT2D eigenvalue weighted by atomic mass is 9.88. The molecule has 0 aromatic heterocycles. The van der Waals surface area contributed by atoms with Crippen molar-refractivity contribution in [1.82, 2.24) is 0 Å². The van der Waals surface area contributed by atoms with Crippen LogP contribution in [0.5, 0.6) is 0 Å². The van der Waals surface area contributed by atoms with Crippen LogP contribution in [0.4, 0.5) is 158 Å². The third-order valence-corrected chi connectivity index (χ3v) is 14.0. The van der Waals surface area contributed by atoms with E-state index in [1.54, 1.807) is 0 Å². The SMILES string of the molecule is O=C(O)CSCC(CSCC(=O)O)(CSC(F)CC(F)(F)C(F)(F)C(F)(F)C(F)(F)C(F)(F)C(F)(F)C(F)(F)C(F)(F)F)CSC(F)CC(F)(F)C(F)(F)C(F)(F)C(F)(F)C(F)(F)C(F)(F)C(F)(F)C(F)(F)F. The Balaban J connectivity index is 7.16. The molecule has 73 heavy (non-hydrogen) atoms. The van der Waals surface area contributed by atoms with Crippen molar-refractivity contribution in [2.45, 2.75) is 119 Å². The molecule has 2 atom stereocenters. The van der Waals surface area contributed by atoms with Gasteiger partial charge in [0.05, 0.1) is 24.3 Å². The summed E-state index contributed by atoms with van der Waals surface area (Å²) in [5.41, 5.74) is -11.4. The van der Waals surface area contributed by atoms with Gasteiger partial charge in [0.15, 0.2) is 11.0 Å². The molecule has 0 fully saturated rings. The monoisotopic (exact) mass is 1240 g/mol. The maximum atomic E-state index is 14.9. The van der Waals surface area contributed by atoms with E-state index in [1.165, 1.54) is 0 Å². The van der Waals surface area contributed by atoms with Crippen LogP contribution in [0.15, 0.2) is 0 Å². The zero-order valence-electron chi connectivity index (χ0n) is 33.3. The second-order valence-corrected chi connectivity index (χ2v) is 18.7. The number of aliphatic carboxylic acids is 2. The van der Waals surface area contributed by atoms with Crippen LogP contribution in [0.1, 0.15) is 12.8 Å². The summed E-state index contributed by atoms with van der Waals surface area (Å²) in [4.78, 5) is 22.0. The Hall–Kier alpha value is -2.18. The van der Waals surface area contributed by atoms with E-state index in [4.69, 9.17) is 10.2 Å². The highest BCUT2D eigenvalue weighted by molar-refractivity contribution is 8.02. The van der Waals surface area contributed by atoms with Gasteiger partial charge in [0.2, 0.25) is 0 Å². The van der Waals surface area contributed by atoms with Gasteiger partial charge in [-0.05, 0) is 0 Å². The highest BCUT2D eigenvalue weighted by atomic mass is 32.2. The summed E-state index contributed by atoms with van der Waals surface area (Å²) in [5.74, 6) is -134. The van der Waals surface area contributed by atoms with Crippen LogP contribution >= 0.6 is 47.0 Å². The smallest absolute Gasteiger partial charge is 0.460 e. The molecule has 2 unspecified atom stereocenters. The third-order valence-electron chi connectivity index (χ3n) is 8.82. The largest absolute Gasteiger partial charge is 0.481 e. The molecular weight excluding hydrogens is 1220 g/mol. The lowest BCUT2D eigenvalue weighted by Gasteiger charge is -2.43. The van der Waals surface area contributed by atoms with Crippen LogP contribution < -0.4 is 0 Å². The Morgan fingerprint density at radius 2 is 0.507 bits per heavy atom. The van der Waals surface area contributed by atoms with Gasteiger partial charge in [-0.2, -0.15) is 149 Å². The Morgan fingerprint density at radius 1 is 0.315 bits per heavy atom. The van der Waals surface area contributed by atoms with E-state index in [9.17, 15) is 168 Å². The van der Waals surface area contributed by atoms with Gasteiger partial charge < -0.3 is 10.2 Å². The first-order valence-electron chi connectivity index (χ1n) is 17.1. The van der Waals surface area contributed by atoms with E-state index in [0.29, 0.717) is 0 Å². The summed E-state index contributed by atoms with van der Waals surface area (Å²) in [6, 6.07) is 0. The van der Waals surface area contributed by atoms with E-state index < -0.39 is 195 Å². The molecule has 0 aliphatic rings. The van der Waals surface area contributed by atoms with Crippen LogP contribution in [0.3, 0.4) is 0 Å². The van der Waals surface area contributed by atoms with Gasteiger partial charge in [-0.25, -0.2) is 8.78 Å². The van der Waals surface area contributed by atoms with Crippen LogP contribution in [-0.2, 0) is 9.59 Å². The van der Waals surface area contributed by atoms with Crippen molar-refractivity contribution in [2.75, 3.05) is 34.5 Å². The van der Waals surface area contributed by atoms with E-state index in [1.807, 2.05) is 0 Å². The molecule has 0 aromatic rings. The number of carbonyl (C=O) groups is 2. The van der Waals surface area contributed by atoms with E-state index in [2.05, 4.69) is 0 Å². The molecule has 0 aliphatic carbocycles. The van der Waals surface area contributed by atoms with Gasteiger partial charge in [-0.15, -0.1) is 47.0 Å².